The van der Waals surface area contributed by atoms with Crippen LogP contribution >= 0.6 is 0 Å². The fourth-order valence-electron chi connectivity index (χ4n) is 1.23. The SMILES string of the molecule is FC(F)=C(OC(=C(F)F)C(F)(F)C(F)(F)OC(F)(F)F)C(F)(F)C(F)(F)OC(F)(F)F. The van der Waals surface area contributed by atoms with Crippen LogP contribution in [-0.4, -0.2) is 36.8 Å². The number of hydrogen-bond donors (Lipinski definition) is 0. The van der Waals surface area contributed by atoms with E-state index in [1.165, 1.54) is 9.47 Å². The Morgan fingerprint density at radius 3 is 0.806 bits per heavy atom. The van der Waals surface area contributed by atoms with E-state index >= 15 is 0 Å². The van der Waals surface area contributed by atoms with Crippen LogP contribution in [0.4, 0.5) is 79.0 Å². The van der Waals surface area contributed by atoms with E-state index in [2.05, 4.69) is 4.74 Å². The zero-order valence-corrected chi connectivity index (χ0v) is 13.0. The molecular weight excluding hydrogens is 510 g/mol. The predicted octanol–water partition coefficient (Wildman–Crippen LogP) is 6.75. The van der Waals surface area contributed by atoms with Gasteiger partial charge in [0.25, 0.3) is 0 Å². The van der Waals surface area contributed by atoms with Gasteiger partial charge >= 0.3 is 48.9 Å². The van der Waals surface area contributed by atoms with Crippen LogP contribution in [0.2, 0.25) is 0 Å². The molecule has 0 radical (unpaired) electrons. The van der Waals surface area contributed by atoms with E-state index in [1.54, 1.807) is 0 Å². The van der Waals surface area contributed by atoms with Crippen LogP contribution in [0.1, 0.15) is 0 Å². The second kappa shape index (κ2) is 8.47. The van der Waals surface area contributed by atoms with Crippen molar-refractivity contribution in [1.29, 1.82) is 0 Å². The van der Waals surface area contributed by atoms with E-state index in [4.69, 9.17) is 0 Å². The molecule has 0 aromatic carbocycles. The highest BCUT2D eigenvalue weighted by atomic mass is 19.4. The third-order valence-electron chi connectivity index (χ3n) is 2.34. The summed E-state index contributed by atoms with van der Waals surface area (Å²) in [6.07, 6.45) is -37.2. The standard InChI is InChI=1S/C10F18O3/c11-3(12)1(5(15,16)7(19,20)30-9(23,24)25)29-2(4(13)14)6(17,18)8(21,22)31-10(26,27)28. The van der Waals surface area contributed by atoms with E-state index in [0.717, 1.165) is 0 Å². The Labute approximate surface area is 155 Å². The van der Waals surface area contributed by atoms with Gasteiger partial charge in [0.15, 0.2) is 0 Å². The average molecular weight is 510 g/mol. The summed E-state index contributed by atoms with van der Waals surface area (Å²) in [6.45, 7) is 0. The Hall–Kier alpha value is -2.06. The zero-order valence-electron chi connectivity index (χ0n) is 13.0. The molecule has 0 saturated carbocycles. The third kappa shape index (κ3) is 6.97. The largest absolute Gasteiger partial charge is 0.527 e. The first kappa shape index (κ1) is 28.9. The van der Waals surface area contributed by atoms with Gasteiger partial charge in [-0.15, -0.1) is 26.3 Å². The highest BCUT2D eigenvalue weighted by Crippen LogP contribution is 2.51. The maximum absolute atomic E-state index is 13.3. The van der Waals surface area contributed by atoms with Crippen molar-refractivity contribution in [2.45, 2.75) is 36.8 Å². The van der Waals surface area contributed by atoms with Crippen LogP contribution in [-0.2, 0) is 14.2 Å². The summed E-state index contributed by atoms with van der Waals surface area (Å²) in [6, 6.07) is 0. The van der Waals surface area contributed by atoms with Crippen molar-refractivity contribution in [3.8, 4) is 0 Å². The van der Waals surface area contributed by atoms with Crippen LogP contribution in [0.15, 0.2) is 23.7 Å². The van der Waals surface area contributed by atoms with Crippen molar-refractivity contribution in [2.24, 2.45) is 0 Å². The first-order valence-corrected chi connectivity index (χ1v) is 6.13. The Morgan fingerprint density at radius 1 is 0.419 bits per heavy atom. The molecule has 0 aromatic rings. The molecule has 21 heteroatoms. The van der Waals surface area contributed by atoms with Gasteiger partial charge in [0.2, 0.25) is 11.5 Å². The highest BCUT2D eigenvalue weighted by Gasteiger charge is 2.71. The molecule has 31 heavy (non-hydrogen) atoms. The lowest BCUT2D eigenvalue weighted by Crippen LogP contribution is -2.50. The molecule has 0 saturated heterocycles. The summed E-state index contributed by atoms with van der Waals surface area (Å²) in [5, 5.41) is 0. The van der Waals surface area contributed by atoms with Crippen molar-refractivity contribution in [1.82, 2.24) is 0 Å². The minimum Gasteiger partial charge on any atom is -0.441 e. The molecule has 0 aromatic heterocycles. The summed E-state index contributed by atoms with van der Waals surface area (Å²) < 4.78 is 229. The molecule has 0 fully saturated rings. The molecule has 0 rings (SSSR count). The minimum absolute atomic E-state index is 1.44. The molecule has 0 amide bonds. The van der Waals surface area contributed by atoms with E-state index in [9.17, 15) is 79.0 Å². The fraction of sp³-hybridized carbons (Fsp3) is 0.600. The Bertz CT molecular complexity index is 645. The molecule has 3 nitrogen and oxygen atoms in total. The topological polar surface area (TPSA) is 27.7 Å². The second-order valence-corrected chi connectivity index (χ2v) is 4.56. The number of ether oxygens (including phenoxy) is 3. The molecule has 0 spiro atoms. The number of rotatable bonds is 8. The number of alkyl halides is 14. The normalized spacial score (nSPS) is 14.4. The van der Waals surface area contributed by atoms with E-state index in [0.29, 0.717) is 0 Å². The summed E-state index contributed by atoms with van der Waals surface area (Å²) in [5.41, 5.74) is 0. The number of halogens is 18. The lowest BCUT2D eigenvalue weighted by atomic mass is 10.2. The second-order valence-electron chi connectivity index (χ2n) is 4.56. The van der Waals surface area contributed by atoms with E-state index in [1.807, 2.05) is 0 Å². The molecule has 184 valence electrons. The van der Waals surface area contributed by atoms with E-state index < -0.39 is 60.5 Å². The van der Waals surface area contributed by atoms with Gasteiger partial charge in [-0.3, -0.25) is 0 Å². The van der Waals surface area contributed by atoms with E-state index in [-0.39, 0.29) is 0 Å². The summed E-state index contributed by atoms with van der Waals surface area (Å²) in [7, 11) is 0. The highest BCUT2D eigenvalue weighted by molar-refractivity contribution is 5.18. The molecule has 0 atom stereocenters. The summed E-state index contributed by atoms with van der Waals surface area (Å²) >= 11 is 0. The van der Waals surface area contributed by atoms with Crippen LogP contribution in [0.5, 0.6) is 0 Å². The quantitative estimate of drug-likeness (QED) is 0.267. The zero-order chi connectivity index (χ0) is 25.4. The van der Waals surface area contributed by atoms with Crippen LogP contribution in [0.25, 0.3) is 0 Å². The third-order valence-corrected chi connectivity index (χ3v) is 2.34. The average Bonchev–Trinajstić information content (AvgIpc) is 2.40. The van der Waals surface area contributed by atoms with Crippen molar-refractivity contribution >= 4 is 0 Å². The molecule has 0 heterocycles. The van der Waals surface area contributed by atoms with Gasteiger partial charge in [0.1, 0.15) is 0 Å². The van der Waals surface area contributed by atoms with Gasteiger partial charge in [-0.1, -0.05) is 0 Å². The smallest absolute Gasteiger partial charge is 0.441 e. The maximum Gasteiger partial charge on any atom is 0.527 e. The van der Waals surface area contributed by atoms with Gasteiger partial charge in [-0.05, 0) is 0 Å². The van der Waals surface area contributed by atoms with Gasteiger partial charge < -0.3 is 4.74 Å². The maximum atomic E-state index is 13.3. The Morgan fingerprint density at radius 2 is 0.645 bits per heavy atom. The van der Waals surface area contributed by atoms with Crippen molar-refractivity contribution in [2.75, 3.05) is 0 Å². The molecule has 0 bridgehead atoms. The van der Waals surface area contributed by atoms with Crippen molar-refractivity contribution in [3.63, 3.8) is 0 Å². The van der Waals surface area contributed by atoms with Gasteiger partial charge in [0.05, 0.1) is 0 Å². The van der Waals surface area contributed by atoms with Crippen LogP contribution < -0.4 is 0 Å². The molecule has 0 aliphatic carbocycles. The Balaban J connectivity index is 6.47. The van der Waals surface area contributed by atoms with Gasteiger partial charge in [-0.2, -0.15) is 52.7 Å². The Kier molecular flexibility index (Phi) is 7.90. The molecular formula is C10F18O3. The molecule has 0 aliphatic rings. The van der Waals surface area contributed by atoms with Crippen LogP contribution in [0.3, 0.4) is 0 Å². The molecule has 0 N–H and O–H groups in total. The lowest BCUT2D eigenvalue weighted by Gasteiger charge is -2.31. The lowest BCUT2D eigenvalue weighted by molar-refractivity contribution is -0.466. The number of hydrogen-bond acceptors (Lipinski definition) is 3. The van der Waals surface area contributed by atoms with Crippen molar-refractivity contribution < 1.29 is 93.2 Å². The molecule has 0 aliphatic heterocycles. The predicted molar refractivity (Wildman–Crippen MR) is 53.6 cm³/mol. The fourth-order valence-corrected chi connectivity index (χ4v) is 1.23. The van der Waals surface area contributed by atoms with Crippen molar-refractivity contribution in [3.05, 3.63) is 23.7 Å². The van der Waals surface area contributed by atoms with Gasteiger partial charge in [0, 0.05) is 0 Å². The monoisotopic (exact) mass is 510 g/mol. The first-order valence-electron chi connectivity index (χ1n) is 6.13. The minimum atomic E-state index is -7.29. The molecule has 0 unspecified atom stereocenters. The first-order chi connectivity index (χ1) is 13.3. The summed E-state index contributed by atoms with van der Waals surface area (Å²) in [5.74, 6) is -23.7. The van der Waals surface area contributed by atoms with Crippen LogP contribution in [0, 0.1) is 0 Å². The van der Waals surface area contributed by atoms with Gasteiger partial charge in [-0.25, -0.2) is 9.47 Å². The summed E-state index contributed by atoms with van der Waals surface area (Å²) in [4.78, 5) is 0.